The number of halogens is 2. The standard InChI is InChI=1S/C35H42F2N8O5/c1-2-30(47)39-15-16-41-35(50)44-34(38)40-14-8-13-29(32(48)42-19-26-27(36)17-25(46)18-28(26)37)43-33(49)31(22-9-4-3-5-10-22)45-20-23-11-6-7-12-24(23)21-45/h3-7,9-12,17-18,29,31,46H,2,8,13-16,19-21H2,1H3,(H,39,47)(H,42,48)(H,43,49)(H4,38,40,41,44,50)/t29-,31+/m1/s1. The molecule has 1 aliphatic rings. The molecule has 0 aliphatic carbocycles. The fourth-order valence-electron chi connectivity index (χ4n) is 5.49. The molecule has 13 nitrogen and oxygen atoms in total. The average Bonchev–Trinajstić information content (AvgIpc) is 3.51. The second-order valence-corrected chi connectivity index (χ2v) is 11.7. The first kappa shape index (κ1) is 37.3. The van der Waals surface area contributed by atoms with Crippen LogP contribution in [0.5, 0.6) is 5.75 Å². The number of benzene rings is 3. The maximum absolute atomic E-state index is 14.4. The molecule has 0 bridgehead atoms. The van der Waals surface area contributed by atoms with Gasteiger partial charge >= 0.3 is 6.03 Å². The highest BCUT2D eigenvalue weighted by Crippen LogP contribution is 2.31. The van der Waals surface area contributed by atoms with Gasteiger partial charge in [0.1, 0.15) is 29.5 Å². The predicted molar refractivity (Wildman–Crippen MR) is 182 cm³/mol. The van der Waals surface area contributed by atoms with Crippen LogP contribution in [0.4, 0.5) is 13.6 Å². The SMILES string of the molecule is CCC(=O)NCCNC(=O)/N=C(/N)NCCC[C@@H](NC(=O)[C@H](c1ccccc1)N1Cc2ccccc2C1)C(=O)NCc1c(F)cc(O)cc1F. The summed E-state index contributed by atoms with van der Waals surface area (Å²) in [6.07, 6.45) is 0.682. The van der Waals surface area contributed by atoms with E-state index < -0.39 is 59.4 Å². The van der Waals surface area contributed by atoms with Crippen LogP contribution in [0.25, 0.3) is 0 Å². The Bertz CT molecular complexity index is 1640. The van der Waals surface area contributed by atoms with E-state index in [-0.39, 0.29) is 44.3 Å². The Hall–Kier alpha value is -5.57. The Morgan fingerprint density at radius 1 is 0.860 bits per heavy atom. The van der Waals surface area contributed by atoms with E-state index in [1.807, 2.05) is 59.5 Å². The van der Waals surface area contributed by atoms with Gasteiger partial charge in [-0.2, -0.15) is 4.99 Å². The third-order valence-corrected chi connectivity index (χ3v) is 8.03. The normalized spacial score (nSPS) is 13.9. The maximum atomic E-state index is 14.4. The van der Waals surface area contributed by atoms with Crippen molar-refractivity contribution in [1.29, 1.82) is 0 Å². The monoisotopic (exact) mass is 692 g/mol. The van der Waals surface area contributed by atoms with E-state index in [4.69, 9.17) is 5.73 Å². The molecule has 5 amide bonds. The quantitative estimate of drug-likeness (QED) is 0.0718. The Morgan fingerprint density at radius 3 is 2.12 bits per heavy atom. The molecule has 2 atom stereocenters. The number of phenolic OH excluding ortho intramolecular Hbond substituents is 1. The number of fused-ring (bicyclic) bond motifs is 1. The van der Waals surface area contributed by atoms with E-state index in [0.717, 1.165) is 28.8 Å². The molecule has 4 rings (SSSR count). The van der Waals surface area contributed by atoms with Crippen LogP contribution in [0, 0.1) is 11.6 Å². The number of nitrogens with zero attached hydrogens (tertiary/aromatic N) is 2. The van der Waals surface area contributed by atoms with Crippen molar-refractivity contribution in [2.75, 3.05) is 19.6 Å². The van der Waals surface area contributed by atoms with E-state index in [2.05, 4.69) is 31.6 Å². The van der Waals surface area contributed by atoms with Crippen molar-refractivity contribution in [3.8, 4) is 5.75 Å². The fourth-order valence-corrected chi connectivity index (χ4v) is 5.49. The summed E-state index contributed by atoms with van der Waals surface area (Å²) in [5.41, 5.74) is 8.29. The van der Waals surface area contributed by atoms with Gasteiger partial charge < -0.3 is 37.4 Å². The van der Waals surface area contributed by atoms with E-state index in [1.54, 1.807) is 6.92 Å². The number of carbonyl (C=O) groups is 4. The van der Waals surface area contributed by atoms with E-state index in [1.165, 1.54) is 0 Å². The number of phenols is 1. The molecule has 266 valence electrons. The number of aromatic hydroxyl groups is 1. The summed E-state index contributed by atoms with van der Waals surface area (Å²) in [5.74, 6) is -4.11. The van der Waals surface area contributed by atoms with Crippen molar-refractivity contribution in [3.05, 3.63) is 101 Å². The molecule has 3 aromatic rings. The summed E-state index contributed by atoms with van der Waals surface area (Å²) in [6, 6.07) is 15.9. The predicted octanol–water partition coefficient (Wildman–Crippen LogP) is 2.45. The zero-order valence-corrected chi connectivity index (χ0v) is 27.7. The lowest BCUT2D eigenvalue weighted by Crippen LogP contribution is -2.50. The molecule has 3 aromatic carbocycles. The van der Waals surface area contributed by atoms with Crippen LogP contribution in [0.3, 0.4) is 0 Å². The summed E-state index contributed by atoms with van der Waals surface area (Å²) in [5, 5.41) is 22.7. The number of nitrogens with two attached hydrogens (primary N) is 1. The van der Waals surface area contributed by atoms with Crippen molar-refractivity contribution >= 4 is 29.7 Å². The lowest BCUT2D eigenvalue weighted by atomic mass is 10.0. The first-order valence-corrected chi connectivity index (χ1v) is 16.3. The zero-order valence-electron chi connectivity index (χ0n) is 27.7. The van der Waals surface area contributed by atoms with Crippen molar-refractivity contribution in [1.82, 2.24) is 31.5 Å². The number of rotatable bonds is 15. The minimum absolute atomic E-state index is 0.0868. The Labute approximate surface area is 288 Å². The van der Waals surface area contributed by atoms with Gasteiger partial charge in [0.25, 0.3) is 0 Å². The van der Waals surface area contributed by atoms with Crippen molar-refractivity contribution < 1.29 is 33.1 Å². The largest absolute Gasteiger partial charge is 0.508 e. The Balaban J connectivity index is 1.43. The molecule has 1 heterocycles. The van der Waals surface area contributed by atoms with E-state index in [0.29, 0.717) is 19.5 Å². The highest BCUT2D eigenvalue weighted by Gasteiger charge is 2.34. The summed E-state index contributed by atoms with van der Waals surface area (Å²) in [4.78, 5) is 56.6. The number of hydrogen-bond donors (Lipinski definition) is 7. The number of urea groups is 1. The molecule has 50 heavy (non-hydrogen) atoms. The van der Waals surface area contributed by atoms with Gasteiger partial charge in [-0.15, -0.1) is 0 Å². The molecule has 1 aliphatic heterocycles. The minimum Gasteiger partial charge on any atom is -0.508 e. The number of hydrogen-bond acceptors (Lipinski definition) is 6. The van der Waals surface area contributed by atoms with Crippen molar-refractivity contribution in [3.63, 3.8) is 0 Å². The van der Waals surface area contributed by atoms with Gasteiger partial charge in [-0.25, -0.2) is 13.6 Å². The molecule has 0 spiro atoms. The van der Waals surface area contributed by atoms with Crippen LogP contribution in [0.1, 0.15) is 54.5 Å². The number of nitrogens with one attached hydrogen (secondary N) is 5. The first-order valence-electron chi connectivity index (χ1n) is 16.3. The van der Waals surface area contributed by atoms with Crippen molar-refractivity contribution in [2.24, 2.45) is 10.7 Å². The molecule has 0 radical (unpaired) electrons. The molecule has 0 saturated heterocycles. The number of guanidine groups is 1. The van der Waals surface area contributed by atoms with E-state index >= 15 is 0 Å². The first-order chi connectivity index (χ1) is 24.0. The molecule has 0 unspecified atom stereocenters. The third kappa shape index (κ3) is 10.7. The number of aliphatic imine (C=N–C) groups is 1. The molecule has 0 fully saturated rings. The van der Waals surface area contributed by atoms with Gasteiger partial charge in [0.2, 0.25) is 17.7 Å². The molecule has 0 saturated carbocycles. The van der Waals surface area contributed by atoms with Crippen LogP contribution >= 0.6 is 0 Å². The second kappa shape index (κ2) is 18.3. The highest BCUT2D eigenvalue weighted by atomic mass is 19.1. The maximum Gasteiger partial charge on any atom is 0.344 e. The van der Waals surface area contributed by atoms with E-state index in [9.17, 15) is 33.1 Å². The third-order valence-electron chi connectivity index (χ3n) is 8.03. The van der Waals surface area contributed by atoms with Crippen LogP contribution in [-0.4, -0.2) is 65.4 Å². The molecule has 0 aromatic heterocycles. The van der Waals surface area contributed by atoms with Crippen molar-refractivity contribution in [2.45, 2.75) is 57.9 Å². The summed E-state index contributed by atoms with van der Waals surface area (Å²) in [7, 11) is 0. The van der Waals surface area contributed by atoms with Gasteiger partial charge in [-0.05, 0) is 29.5 Å². The van der Waals surface area contributed by atoms with Gasteiger partial charge in [0.15, 0.2) is 5.96 Å². The zero-order chi connectivity index (χ0) is 36.0. The second-order valence-electron chi connectivity index (χ2n) is 11.7. The number of carbonyl (C=O) groups excluding carboxylic acids is 4. The van der Waals surface area contributed by atoms with Crippen LogP contribution in [-0.2, 0) is 34.0 Å². The summed E-state index contributed by atoms with van der Waals surface area (Å²) < 4.78 is 28.8. The van der Waals surface area contributed by atoms with Gasteiger partial charge in [0, 0.05) is 63.4 Å². The molecular formula is C35H42F2N8O5. The fraction of sp³-hybridized carbons (Fsp3) is 0.343. The van der Waals surface area contributed by atoms with Crippen LogP contribution < -0.4 is 32.3 Å². The smallest absolute Gasteiger partial charge is 0.344 e. The summed E-state index contributed by atoms with van der Waals surface area (Å²) >= 11 is 0. The topological polar surface area (TPSA) is 190 Å². The van der Waals surface area contributed by atoms with Crippen LogP contribution in [0.15, 0.2) is 71.7 Å². The summed E-state index contributed by atoms with van der Waals surface area (Å²) in [6.45, 7) is 2.78. The highest BCUT2D eigenvalue weighted by molar-refractivity contribution is 5.92. The lowest BCUT2D eigenvalue weighted by molar-refractivity contribution is -0.132. The molecule has 15 heteroatoms. The lowest BCUT2D eigenvalue weighted by Gasteiger charge is -2.29. The van der Waals surface area contributed by atoms with Gasteiger partial charge in [-0.3, -0.25) is 19.3 Å². The number of amides is 5. The Morgan fingerprint density at radius 2 is 1.48 bits per heavy atom. The minimum atomic E-state index is -1.12. The Kier molecular flexibility index (Phi) is 13.6. The van der Waals surface area contributed by atoms with Crippen LogP contribution in [0.2, 0.25) is 0 Å². The molecule has 8 N–H and O–H groups in total. The van der Waals surface area contributed by atoms with Gasteiger partial charge in [-0.1, -0.05) is 61.5 Å². The molecular weight excluding hydrogens is 650 g/mol. The van der Waals surface area contributed by atoms with Gasteiger partial charge in [0.05, 0.1) is 0 Å². The average molecular weight is 693 g/mol.